The second-order valence-electron chi connectivity index (χ2n) is 3.16. The number of halogens is 1. The average Bonchev–Trinajstić information content (AvgIpc) is 2.26. The molecule has 0 heterocycles. The Morgan fingerprint density at radius 1 is 1.56 bits per heavy atom. The highest BCUT2D eigenvalue weighted by Crippen LogP contribution is 2.22. The summed E-state index contributed by atoms with van der Waals surface area (Å²) in [5.41, 5.74) is 0.306. The van der Waals surface area contributed by atoms with Crippen LogP contribution in [0.4, 0.5) is 5.69 Å². The number of aryl methyl sites for hydroxylation is 1. The summed E-state index contributed by atoms with van der Waals surface area (Å²) in [6, 6.07) is 2.31. The lowest BCUT2D eigenvalue weighted by Gasteiger charge is -2.05. The van der Waals surface area contributed by atoms with Gasteiger partial charge in [0.05, 0.1) is 10.8 Å². The van der Waals surface area contributed by atoms with Crippen molar-refractivity contribution in [2.75, 3.05) is 5.88 Å². The molecule has 5 nitrogen and oxygen atoms in total. The third-order valence-electron chi connectivity index (χ3n) is 2.09. The van der Waals surface area contributed by atoms with E-state index in [2.05, 4.69) is 0 Å². The first-order valence-electron chi connectivity index (χ1n) is 4.34. The van der Waals surface area contributed by atoms with Crippen LogP contribution in [0, 0.1) is 17.0 Å². The second kappa shape index (κ2) is 4.85. The molecular weight excluding hydrogens is 234 g/mol. The molecule has 84 valence electrons. The predicted molar refractivity (Wildman–Crippen MR) is 58.3 cm³/mol. The maximum Gasteiger partial charge on any atom is 0.270 e. The summed E-state index contributed by atoms with van der Waals surface area (Å²) in [4.78, 5) is 32.1. The van der Waals surface area contributed by atoms with Crippen molar-refractivity contribution >= 4 is 29.4 Å². The molecule has 0 saturated heterocycles. The van der Waals surface area contributed by atoms with Crippen LogP contribution in [-0.4, -0.2) is 22.9 Å². The van der Waals surface area contributed by atoms with Gasteiger partial charge in [0.2, 0.25) is 0 Å². The summed E-state index contributed by atoms with van der Waals surface area (Å²) in [5.74, 6) is -0.685. The van der Waals surface area contributed by atoms with Crippen molar-refractivity contribution in [2.45, 2.75) is 6.92 Å². The number of nitrogens with zero attached hydrogens (tertiary/aromatic N) is 1. The van der Waals surface area contributed by atoms with Gasteiger partial charge in [0.1, 0.15) is 0 Å². The van der Waals surface area contributed by atoms with E-state index in [1.807, 2.05) is 0 Å². The molecule has 0 saturated carbocycles. The van der Waals surface area contributed by atoms with Crippen molar-refractivity contribution in [1.82, 2.24) is 0 Å². The van der Waals surface area contributed by atoms with Gasteiger partial charge in [-0.25, -0.2) is 0 Å². The minimum atomic E-state index is -0.616. The van der Waals surface area contributed by atoms with Crippen molar-refractivity contribution in [1.29, 1.82) is 0 Å². The molecule has 1 aromatic carbocycles. The number of alkyl halides is 1. The summed E-state index contributed by atoms with van der Waals surface area (Å²) in [6.45, 7) is 1.53. The highest BCUT2D eigenvalue weighted by Gasteiger charge is 2.18. The fourth-order valence-corrected chi connectivity index (χ4v) is 1.57. The third-order valence-corrected chi connectivity index (χ3v) is 2.33. The molecule has 0 radical (unpaired) electrons. The SMILES string of the molecule is Cc1cc([N+](=O)[O-])cc(C=O)c1C(=O)CCl. The summed E-state index contributed by atoms with van der Waals surface area (Å²) < 4.78 is 0. The lowest BCUT2D eigenvalue weighted by atomic mass is 9.98. The van der Waals surface area contributed by atoms with Crippen LogP contribution in [-0.2, 0) is 0 Å². The second-order valence-corrected chi connectivity index (χ2v) is 3.43. The van der Waals surface area contributed by atoms with E-state index in [1.165, 1.54) is 13.0 Å². The number of aldehydes is 1. The zero-order valence-electron chi connectivity index (χ0n) is 8.40. The number of carbonyl (C=O) groups excluding carboxylic acids is 2. The zero-order chi connectivity index (χ0) is 12.3. The predicted octanol–water partition coefficient (Wildman–Crippen LogP) is 2.14. The number of hydrogen-bond donors (Lipinski definition) is 0. The standard InChI is InChI=1S/C10H8ClNO4/c1-6-2-8(12(15)16)3-7(5-13)10(6)9(14)4-11/h2-3,5H,4H2,1H3. The number of nitro benzene ring substituents is 1. The number of rotatable bonds is 4. The molecule has 0 fully saturated rings. The van der Waals surface area contributed by atoms with E-state index in [0.29, 0.717) is 11.8 Å². The molecule has 0 atom stereocenters. The Labute approximate surface area is 96.2 Å². The first-order chi connectivity index (χ1) is 7.51. The number of nitro groups is 1. The zero-order valence-corrected chi connectivity index (χ0v) is 9.15. The van der Waals surface area contributed by atoms with Crippen LogP contribution < -0.4 is 0 Å². The summed E-state index contributed by atoms with van der Waals surface area (Å²) >= 11 is 5.39. The van der Waals surface area contributed by atoms with Crippen LogP contribution in [0.2, 0.25) is 0 Å². The van der Waals surface area contributed by atoms with Crippen LogP contribution in [0.1, 0.15) is 26.3 Å². The Hall–Kier alpha value is -1.75. The molecule has 1 aromatic rings. The lowest BCUT2D eigenvalue weighted by Crippen LogP contribution is -2.08. The van der Waals surface area contributed by atoms with Crippen LogP contribution in [0.15, 0.2) is 12.1 Å². The van der Waals surface area contributed by atoms with Gasteiger partial charge in [-0.3, -0.25) is 19.7 Å². The van der Waals surface area contributed by atoms with E-state index in [0.717, 1.165) is 6.07 Å². The Morgan fingerprint density at radius 3 is 2.62 bits per heavy atom. The van der Waals surface area contributed by atoms with Gasteiger partial charge in [0.15, 0.2) is 12.1 Å². The van der Waals surface area contributed by atoms with Gasteiger partial charge in [-0.2, -0.15) is 0 Å². The Morgan fingerprint density at radius 2 is 2.19 bits per heavy atom. The Kier molecular flexibility index (Phi) is 3.73. The molecule has 0 amide bonds. The largest absolute Gasteiger partial charge is 0.298 e. The van der Waals surface area contributed by atoms with Crippen molar-refractivity contribution in [2.24, 2.45) is 0 Å². The Bertz CT molecular complexity index is 470. The van der Waals surface area contributed by atoms with Crippen LogP contribution in [0.3, 0.4) is 0 Å². The molecule has 0 N–H and O–H groups in total. The minimum absolute atomic E-state index is 0.00245. The molecule has 0 aliphatic heterocycles. The lowest BCUT2D eigenvalue weighted by molar-refractivity contribution is -0.384. The van der Waals surface area contributed by atoms with Crippen molar-refractivity contribution in [3.8, 4) is 0 Å². The first kappa shape index (κ1) is 12.3. The monoisotopic (exact) mass is 241 g/mol. The van der Waals surface area contributed by atoms with Gasteiger partial charge >= 0.3 is 0 Å². The first-order valence-corrected chi connectivity index (χ1v) is 4.88. The summed E-state index contributed by atoms with van der Waals surface area (Å²) in [6.07, 6.45) is 0.416. The van der Waals surface area contributed by atoms with Crippen LogP contribution in [0.25, 0.3) is 0 Å². The van der Waals surface area contributed by atoms with Gasteiger partial charge in [-0.05, 0) is 12.5 Å². The molecule has 0 bridgehead atoms. The van der Waals surface area contributed by atoms with Crippen molar-refractivity contribution in [3.63, 3.8) is 0 Å². The molecule has 0 aliphatic rings. The van der Waals surface area contributed by atoms with Gasteiger partial charge in [0.25, 0.3) is 5.69 Å². The highest BCUT2D eigenvalue weighted by atomic mass is 35.5. The molecule has 6 heteroatoms. The summed E-state index contributed by atoms with van der Waals surface area (Å²) in [5, 5.41) is 10.6. The molecule has 16 heavy (non-hydrogen) atoms. The van der Waals surface area contributed by atoms with E-state index in [-0.39, 0.29) is 22.7 Å². The number of hydrogen-bond acceptors (Lipinski definition) is 4. The molecule has 0 aliphatic carbocycles. The fourth-order valence-electron chi connectivity index (χ4n) is 1.44. The van der Waals surface area contributed by atoms with Gasteiger partial charge in [0, 0.05) is 23.3 Å². The van der Waals surface area contributed by atoms with Crippen molar-refractivity contribution < 1.29 is 14.5 Å². The fraction of sp³-hybridized carbons (Fsp3) is 0.200. The molecule has 0 spiro atoms. The smallest absolute Gasteiger partial charge is 0.270 e. The highest BCUT2D eigenvalue weighted by molar-refractivity contribution is 6.31. The van der Waals surface area contributed by atoms with E-state index in [4.69, 9.17) is 11.6 Å². The van der Waals surface area contributed by atoms with Crippen LogP contribution in [0.5, 0.6) is 0 Å². The quantitative estimate of drug-likeness (QED) is 0.266. The van der Waals surface area contributed by atoms with Gasteiger partial charge in [-0.1, -0.05) is 0 Å². The van der Waals surface area contributed by atoms with E-state index < -0.39 is 10.7 Å². The summed E-state index contributed by atoms with van der Waals surface area (Å²) in [7, 11) is 0. The topological polar surface area (TPSA) is 77.3 Å². The van der Waals surface area contributed by atoms with E-state index in [9.17, 15) is 19.7 Å². The van der Waals surface area contributed by atoms with Gasteiger partial charge in [-0.15, -0.1) is 11.6 Å². The van der Waals surface area contributed by atoms with Gasteiger partial charge < -0.3 is 0 Å². The number of Topliss-reactive ketones (excluding diaryl/α,β-unsaturated/α-hetero) is 1. The third kappa shape index (κ3) is 2.25. The number of benzene rings is 1. The molecule has 0 unspecified atom stereocenters. The minimum Gasteiger partial charge on any atom is -0.298 e. The average molecular weight is 242 g/mol. The van der Waals surface area contributed by atoms with Crippen molar-refractivity contribution in [3.05, 3.63) is 38.9 Å². The normalized spacial score (nSPS) is 9.88. The maximum atomic E-state index is 11.4. The molecule has 0 aromatic heterocycles. The van der Waals surface area contributed by atoms with E-state index in [1.54, 1.807) is 0 Å². The number of carbonyl (C=O) groups is 2. The van der Waals surface area contributed by atoms with E-state index >= 15 is 0 Å². The van der Waals surface area contributed by atoms with Crippen LogP contribution >= 0.6 is 11.6 Å². The Balaban J connectivity index is 3.45. The number of ketones is 1. The maximum absolute atomic E-state index is 11.4. The molecule has 1 rings (SSSR count). The molecular formula is C10H8ClNO4. The number of non-ortho nitro benzene ring substituents is 1.